The number of nitrogens with zero attached hydrogens (tertiary/aromatic N) is 2. The van der Waals surface area contributed by atoms with Crippen molar-refractivity contribution >= 4 is 5.96 Å². The molecule has 0 aromatic carbocycles. The van der Waals surface area contributed by atoms with Gasteiger partial charge in [0, 0.05) is 39.0 Å². The summed E-state index contributed by atoms with van der Waals surface area (Å²) >= 11 is 0. The smallest absolute Gasteiger partial charge is 0.218 e. The number of nitrogens with one attached hydrogen (secondary N) is 2. The first kappa shape index (κ1) is 18.2. The summed E-state index contributed by atoms with van der Waals surface area (Å²) in [5, 5.41) is 6.58. The Bertz CT molecular complexity index is 450. The summed E-state index contributed by atoms with van der Waals surface area (Å²) in [7, 11) is 3.42. The number of aliphatic imine (C=N–C) groups is 1. The predicted molar refractivity (Wildman–Crippen MR) is 89.3 cm³/mol. The molecule has 6 nitrogen and oxygen atoms in total. The maximum atomic E-state index is 5.62. The van der Waals surface area contributed by atoms with Crippen molar-refractivity contribution < 1.29 is 9.47 Å². The van der Waals surface area contributed by atoms with E-state index in [9.17, 15) is 0 Å². The predicted octanol–water partition coefficient (Wildman–Crippen LogP) is 1.82. The normalized spacial score (nSPS) is 11.6. The van der Waals surface area contributed by atoms with Gasteiger partial charge in [0.05, 0.1) is 6.61 Å². The van der Waals surface area contributed by atoms with E-state index in [-0.39, 0.29) is 0 Å². The van der Waals surface area contributed by atoms with Crippen molar-refractivity contribution in [3.63, 3.8) is 0 Å². The molecule has 22 heavy (non-hydrogen) atoms. The second-order valence-electron chi connectivity index (χ2n) is 5.34. The van der Waals surface area contributed by atoms with Crippen LogP contribution in [-0.2, 0) is 11.3 Å². The number of pyridine rings is 1. The Morgan fingerprint density at radius 3 is 2.82 bits per heavy atom. The van der Waals surface area contributed by atoms with Gasteiger partial charge in [-0.05, 0) is 18.4 Å². The molecular formula is C16H28N4O2. The lowest BCUT2D eigenvalue weighted by Gasteiger charge is -2.14. The lowest BCUT2D eigenvalue weighted by molar-refractivity contribution is 0.143. The van der Waals surface area contributed by atoms with Crippen LogP contribution in [0.1, 0.15) is 25.8 Å². The van der Waals surface area contributed by atoms with Gasteiger partial charge in [-0.1, -0.05) is 19.9 Å². The second-order valence-corrected chi connectivity index (χ2v) is 5.34. The summed E-state index contributed by atoms with van der Waals surface area (Å²) in [4.78, 5) is 8.48. The Labute approximate surface area is 133 Å². The summed E-state index contributed by atoms with van der Waals surface area (Å²) in [5.41, 5.74) is 0.991. The van der Waals surface area contributed by atoms with Crippen molar-refractivity contribution in [1.82, 2.24) is 15.6 Å². The summed E-state index contributed by atoms with van der Waals surface area (Å²) in [6.45, 7) is 6.96. The lowest BCUT2D eigenvalue weighted by Crippen LogP contribution is -2.37. The van der Waals surface area contributed by atoms with E-state index < -0.39 is 0 Å². The van der Waals surface area contributed by atoms with Gasteiger partial charge in [0.25, 0.3) is 0 Å². The summed E-state index contributed by atoms with van der Waals surface area (Å²) in [6.07, 6.45) is 2.83. The van der Waals surface area contributed by atoms with E-state index >= 15 is 0 Å². The first-order valence-electron chi connectivity index (χ1n) is 7.67. The molecule has 1 rings (SSSR count). The molecule has 0 spiro atoms. The standard InChI is InChI=1S/C16H28N4O2/c1-13(2)7-9-19-16(17-3)20-12-14-6-5-8-18-15(14)22-11-10-21-4/h5-6,8,13H,7,9-12H2,1-4H3,(H2,17,19,20). The molecule has 124 valence electrons. The van der Waals surface area contributed by atoms with E-state index in [4.69, 9.17) is 9.47 Å². The lowest BCUT2D eigenvalue weighted by atomic mass is 10.1. The SMILES string of the molecule is CN=C(NCCC(C)C)NCc1cccnc1OCCOC. The first-order chi connectivity index (χ1) is 10.7. The highest BCUT2D eigenvalue weighted by Crippen LogP contribution is 2.13. The fourth-order valence-electron chi connectivity index (χ4n) is 1.79. The van der Waals surface area contributed by atoms with Gasteiger partial charge in [-0.15, -0.1) is 0 Å². The molecule has 1 aromatic heterocycles. The van der Waals surface area contributed by atoms with Crippen LogP contribution < -0.4 is 15.4 Å². The monoisotopic (exact) mass is 308 g/mol. The largest absolute Gasteiger partial charge is 0.475 e. The molecule has 6 heteroatoms. The molecule has 0 bridgehead atoms. The van der Waals surface area contributed by atoms with Crippen LogP contribution in [0.2, 0.25) is 0 Å². The Hall–Kier alpha value is -1.82. The van der Waals surface area contributed by atoms with Gasteiger partial charge in [0.15, 0.2) is 5.96 Å². The Morgan fingerprint density at radius 1 is 1.32 bits per heavy atom. The molecule has 0 aliphatic rings. The Balaban J connectivity index is 2.48. The van der Waals surface area contributed by atoms with Gasteiger partial charge in [0.2, 0.25) is 5.88 Å². The van der Waals surface area contributed by atoms with Crippen LogP contribution in [-0.4, -0.2) is 44.9 Å². The van der Waals surface area contributed by atoms with Crippen molar-refractivity contribution in [1.29, 1.82) is 0 Å². The van der Waals surface area contributed by atoms with Crippen LogP contribution in [0, 0.1) is 5.92 Å². The third-order valence-corrected chi connectivity index (χ3v) is 3.06. The minimum atomic E-state index is 0.488. The molecule has 1 aromatic rings. The summed E-state index contributed by atoms with van der Waals surface area (Å²) in [5.74, 6) is 2.08. The van der Waals surface area contributed by atoms with Gasteiger partial charge in [-0.3, -0.25) is 4.99 Å². The second kappa shape index (κ2) is 10.8. The molecular weight excluding hydrogens is 280 g/mol. The first-order valence-corrected chi connectivity index (χ1v) is 7.67. The minimum absolute atomic E-state index is 0.488. The molecule has 2 N–H and O–H groups in total. The van der Waals surface area contributed by atoms with Crippen LogP contribution in [0.4, 0.5) is 0 Å². The highest BCUT2D eigenvalue weighted by Gasteiger charge is 2.06. The van der Waals surface area contributed by atoms with Crippen LogP contribution in [0.3, 0.4) is 0 Å². The van der Waals surface area contributed by atoms with E-state index in [0.29, 0.717) is 31.6 Å². The zero-order valence-electron chi connectivity index (χ0n) is 14.1. The number of rotatable bonds is 9. The van der Waals surface area contributed by atoms with Crippen LogP contribution >= 0.6 is 0 Å². The summed E-state index contributed by atoms with van der Waals surface area (Å²) in [6, 6.07) is 3.89. The Morgan fingerprint density at radius 2 is 2.14 bits per heavy atom. The number of methoxy groups -OCH3 is 1. The number of aromatic nitrogens is 1. The topological polar surface area (TPSA) is 67.8 Å². The average Bonchev–Trinajstić information content (AvgIpc) is 2.51. The van der Waals surface area contributed by atoms with Crippen molar-refractivity contribution in [2.75, 3.05) is 33.9 Å². The number of hydrogen-bond donors (Lipinski definition) is 2. The van der Waals surface area contributed by atoms with E-state index in [2.05, 4.69) is 34.5 Å². The highest BCUT2D eigenvalue weighted by molar-refractivity contribution is 5.79. The number of guanidine groups is 1. The van der Waals surface area contributed by atoms with Crippen LogP contribution in [0.15, 0.2) is 23.3 Å². The molecule has 0 unspecified atom stereocenters. The summed E-state index contributed by atoms with van der Waals surface area (Å²) < 4.78 is 10.6. The van der Waals surface area contributed by atoms with Gasteiger partial charge < -0.3 is 20.1 Å². The zero-order valence-corrected chi connectivity index (χ0v) is 14.1. The molecule has 0 saturated heterocycles. The quantitative estimate of drug-likeness (QED) is 0.414. The van der Waals surface area contributed by atoms with Crippen molar-refractivity contribution in [3.8, 4) is 5.88 Å². The van der Waals surface area contributed by atoms with Crippen molar-refractivity contribution in [2.24, 2.45) is 10.9 Å². The molecule has 0 aliphatic heterocycles. The maximum absolute atomic E-state index is 5.62. The van der Waals surface area contributed by atoms with Gasteiger partial charge >= 0.3 is 0 Å². The molecule has 0 saturated carbocycles. The average molecular weight is 308 g/mol. The fraction of sp³-hybridized carbons (Fsp3) is 0.625. The van der Waals surface area contributed by atoms with Gasteiger partial charge in [-0.2, -0.15) is 0 Å². The molecule has 0 fully saturated rings. The van der Waals surface area contributed by atoms with E-state index in [1.165, 1.54) is 0 Å². The van der Waals surface area contributed by atoms with E-state index in [0.717, 1.165) is 24.5 Å². The van der Waals surface area contributed by atoms with Crippen molar-refractivity contribution in [3.05, 3.63) is 23.9 Å². The molecule has 0 radical (unpaired) electrons. The zero-order chi connectivity index (χ0) is 16.2. The number of ether oxygens (including phenoxy) is 2. The van der Waals surface area contributed by atoms with E-state index in [1.807, 2.05) is 12.1 Å². The minimum Gasteiger partial charge on any atom is -0.475 e. The molecule has 0 atom stereocenters. The number of hydrogen-bond acceptors (Lipinski definition) is 4. The maximum Gasteiger partial charge on any atom is 0.218 e. The molecule has 0 aliphatic carbocycles. The third kappa shape index (κ3) is 7.26. The highest BCUT2D eigenvalue weighted by atomic mass is 16.5. The molecule has 0 amide bonds. The third-order valence-electron chi connectivity index (χ3n) is 3.06. The van der Waals surface area contributed by atoms with Crippen molar-refractivity contribution in [2.45, 2.75) is 26.8 Å². The van der Waals surface area contributed by atoms with Gasteiger partial charge in [0.1, 0.15) is 6.61 Å². The molecule has 1 heterocycles. The van der Waals surface area contributed by atoms with Gasteiger partial charge in [-0.25, -0.2) is 4.98 Å². The van der Waals surface area contributed by atoms with E-state index in [1.54, 1.807) is 20.4 Å². The van der Waals surface area contributed by atoms with Crippen LogP contribution in [0.25, 0.3) is 0 Å². The Kier molecular flexibility index (Phi) is 8.98. The fourth-order valence-corrected chi connectivity index (χ4v) is 1.79. The van der Waals surface area contributed by atoms with Crippen LogP contribution in [0.5, 0.6) is 5.88 Å².